The zero-order valence-corrected chi connectivity index (χ0v) is 21.5. The van der Waals surface area contributed by atoms with Gasteiger partial charge in [-0.1, -0.05) is 0 Å². The number of rotatable bonds is 2. The first-order chi connectivity index (χ1) is 15.0. The fourth-order valence-corrected chi connectivity index (χ4v) is 2.90. The summed E-state index contributed by atoms with van der Waals surface area (Å²) in [4.78, 5) is 53.1. The minimum absolute atomic E-state index is 0.0184. The van der Waals surface area contributed by atoms with E-state index in [-0.39, 0.29) is 23.6 Å². The predicted octanol–water partition coefficient (Wildman–Crippen LogP) is 3.55. The molecule has 1 saturated heterocycles. The van der Waals surface area contributed by atoms with Crippen molar-refractivity contribution in [3.8, 4) is 0 Å². The van der Waals surface area contributed by atoms with E-state index in [4.69, 9.17) is 16.3 Å². The first-order valence-corrected chi connectivity index (χ1v) is 11.3. The molecule has 3 rings (SSSR count). The van der Waals surface area contributed by atoms with Crippen molar-refractivity contribution in [2.75, 3.05) is 26.2 Å². The van der Waals surface area contributed by atoms with Gasteiger partial charge < -0.3 is 14.5 Å². The number of ether oxygens (including phenoxy) is 1. The van der Waals surface area contributed by atoms with Gasteiger partial charge in [0.1, 0.15) is 5.60 Å². The van der Waals surface area contributed by atoms with Gasteiger partial charge >= 0.3 is 6.09 Å². The number of hydrogen-bond acceptors (Lipinski definition) is 8. The number of carbonyl (C=O) groups excluding carboxylic acids is 3. The van der Waals surface area contributed by atoms with Crippen molar-refractivity contribution in [2.45, 2.75) is 26.4 Å². The van der Waals surface area contributed by atoms with Gasteiger partial charge in [0.25, 0.3) is 11.1 Å². The maximum atomic E-state index is 12.3. The predicted molar refractivity (Wildman–Crippen MR) is 123 cm³/mol. The Morgan fingerprint density at radius 3 is 1.66 bits per heavy atom. The molecule has 0 radical (unpaired) electrons. The lowest BCUT2D eigenvalue weighted by Crippen LogP contribution is -2.51. The minimum atomic E-state index is -0.646. The largest absolute Gasteiger partial charge is 0.444 e. The summed E-state index contributed by atoms with van der Waals surface area (Å²) in [7, 11) is 0. The van der Waals surface area contributed by atoms with Gasteiger partial charge in [-0.05, 0) is 64.2 Å². The number of nitrogens with zero attached hydrogens (tertiary/aromatic N) is 6. The molecule has 1 fully saturated rings. The Balaban J connectivity index is 0.000000303. The molecule has 2 amide bonds. The number of aromatic nitrogens is 4. The summed E-state index contributed by atoms with van der Waals surface area (Å²) in [6.07, 6.45) is 5.65. The molecular weight excluding hydrogens is 572 g/mol. The lowest BCUT2D eigenvalue weighted by atomic mass is 10.2. The van der Waals surface area contributed by atoms with Crippen LogP contribution < -0.4 is 0 Å². The maximum Gasteiger partial charge on any atom is 0.410 e. The Bertz CT molecular complexity index is 946. The van der Waals surface area contributed by atoms with E-state index in [2.05, 4.69) is 51.8 Å². The Hall–Kier alpha value is -2.18. The second-order valence-electron chi connectivity index (χ2n) is 7.48. The van der Waals surface area contributed by atoms with Crippen molar-refractivity contribution in [2.24, 2.45) is 0 Å². The molecule has 1 aliphatic rings. The van der Waals surface area contributed by atoms with E-state index in [9.17, 15) is 14.4 Å². The van der Waals surface area contributed by atoms with Gasteiger partial charge in [0.2, 0.25) is 11.6 Å². The summed E-state index contributed by atoms with van der Waals surface area (Å²) in [5.41, 5.74) is -0.519. The Morgan fingerprint density at radius 2 is 1.25 bits per heavy atom. The summed E-state index contributed by atoms with van der Waals surface area (Å²) in [6, 6.07) is 0. The Labute approximate surface area is 207 Å². The van der Waals surface area contributed by atoms with Crippen molar-refractivity contribution in [1.82, 2.24) is 29.7 Å². The molecule has 0 aliphatic carbocycles. The maximum absolute atomic E-state index is 12.3. The molecule has 13 heteroatoms. The average Bonchev–Trinajstić information content (AvgIpc) is 2.73. The molecule has 0 N–H and O–H groups in total. The van der Waals surface area contributed by atoms with Gasteiger partial charge in [-0.15, -0.1) is 0 Å². The SMILES string of the molecule is CC(C)(C)OC(=O)N1CCN(C(=O)c2ncc(Br)cn2)CC1.O=C(Cl)c1ncc(Br)cn1. The smallest absolute Gasteiger partial charge is 0.410 e. The lowest BCUT2D eigenvalue weighted by molar-refractivity contribution is 0.0139. The highest BCUT2D eigenvalue weighted by Gasteiger charge is 2.28. The highest BCUT2D eigenvalue weighted by molar-refractivity contribution is 9.10. The summed E-state index contributed by atoms with van der Waals surface area (Å²) < 4.78 is 6.76. The highest BCUT2D eigenvalue weighted by Crippen LogP contribution is 2.13. The number of piperazine rings is 1. The van der Waals surface area contributed by atoms with Crippen LogP contribution >= 0.6 is 43.5 Å². The zero-order valence-electron chi connectivity index (χ0n) is 17.6. The molecule has 0 unspecified atom stereocenters. The molecule has 0 bridgehead atoms. The quantitative estimate of drug-likeness (QED) is 0.486. The van der Waals surface area contributed by atoms with Crippen LogP contribution in [0, 0.1) is 0 Å². The summed E-state index contributed by atoms with van der Waals surface area (Å²) in [5, 5.41) is -0.646. The molecule has 3 heterocycles. The minimum Gasteiger partial charge on any atom is -0.444 e. The van der Waals surface area contributed by atoms with E-state index in [1.54, 1.807) is 9.80 Å². The van der Waals surface area contributed by atoms with Crippen LogP contribution in [0.5, 0.6) is 0 Å². The number of amides is 2. The topological polar surface area (TPSA) is 118 Å². The van der Waals surface area contributed by atoms with E-state index in [1.165, 1.54) is 24.8 Å². The van der Waals surface area contributed by atoms with Crippen molar-refractivity contribution >= 4 is 60.7 Å². The Morgan fingerprint density at radius 1 is 0.844 bits per heavy atom. The molecule has 0 spiro atoms. The van der Waals surface area contributed by atoms with E-state index in [0.29, 0.717) is 30.7 Å². The second kappa shape index (κ2) is 11.6. The summed E-state index contributed by atoms with van der Waals surface area (Å²) in [6.45, 7) is 7.25. The van der Waals surface area contributed by atoms with Crippen LogP contribution in [-0.2, 0) is 4.74 Å². The van der Waals surface area contributed by atoms with Gasteiger partial charge in [0.15, 0.2) is 0 Å². The van der Waals surface area contributed by atoms with E-state index in [0.717, 1.165) is 4.47 Å². The van der Waals surface area contributed by atoms with Crippen molar-refractivity contribution in [1.29, 1.82) is 0 Å². The molecule has 0 aromatic carbocycles. The van der Waals surface area contributed by atoms with Crippen LogP contribution in [0.2, 0.25) is 0 Å². The third kappa shape index (κ3) is 8.40. The van der Waals surface area contributed by atoms with E-state index < -0.39 is 10.8 Å². The van der Waals surface area contributed by atoms with Crippen LogP contribution in [0.4, 0.5) is 4.79 Å². The van der Waals surface area contributed by atoms with Gasteiger partial charge in [0.05, 0.1) is 8.95 Å². The molecule has 10 nitrogen and oxygen atoms in total. The molecule has 2 aromatic heterocycles. The van der Waals surface area contributed by atoms with Gasteiger partial charge in [0, 0.05) is 51.0 Å². The molecular formula is C19H21Br2ClN6O4. The van der Waals surface area contributed by atoms with Gasteiger partial charge in [-0.3, -0.25) is 9.59 Å². The second-order valence-corrected chi connectivity index (χ2v) is 9.66. The third-order valence-electron chi connectivity index (χ3n) is 3.83. The summed E-state index contributed by atoms with van der Waals surface area (Å²) >= 11 is 11.4. The van der Waals surface area contributed by atoms with Crippen molar-refractivity contribution in [3.05, 3.63) is 45.4 Å². The fraction of sp³-hybridized carbons (Fsp3) is 0.421. The number of hydrogen-bond donors (Lipinski definition) is 0. The van der Waals surface area contributed by atoms with E-state index in [1.807, 2.05) is 20.8 Å². The van der Waals surface area contributed by atoms with Crippen LogP contribution in [0.3, 0.4) is 0 Å². The monoisotopic (exact) mass is 590 g/mol. The van der Waals surface area contributed by atoms with Gasteiger partial charge in [-0.25, -0.2) is 24.7 Å². The third-order valence-corrected chi connectivity index (χ3v) is 4.81. The standard InChI is InChI=1S/C14H19BrN4O3.C5H2BrClN2O/c1-14(2,3)22-13(21)19-6-4-18(5-7-19)12(20)11-16-8-10(15)9-17-11;6-3-1-8-5(4(7)10)9-2-3/h8-9H,4-7H2,1-3H3;1-2H. The Kier molecular flexibility index (Phi) is 9.47. The average molecular weight is 593 g/mol. The molecule has 0 atom stereocenters. The molecule has 2 aromatic rings. The highest BCUT2D eigenvalue weighted by atomic mass is 79.9. The van der Waals surface area contributed by atoms with Gasteiger partial charge in [-0.2, -0.15) is 0 Å². The van der Waals surface area contributed by atoms with Crippen molar-refractivity contribution < 1.29 is 19.1 Å². The molecule has 172 valence electrons. The normalized spacial score (nSPS) is 13.7. The van der Waals surface area contributed by atoms with Crippen LogP contribution in [0.15, 0.2) is 33.7 Å². The molecule has 1 aliphatic heterocycles. The van der Waals surface area contributed by atoms with Crippen LogP contribution in [0.25, 0.3) is 0 Å². The van der Waals surface area contributed by atoms with Crippen LogP contribution in [0.1, 0.15) is 42.0 Å². The first-order valence-electron chi connectivity index (χ1n) is 9.38. The fourth-order valence-electron chi connectivity index (χ4n) is 2.40. The van der Waals surface area contributed by atoms with Crippen LogP contribution in [-0.4, -0.2) is 78.8 Å². The molecule has 0 saturated carbocycles. The first kappa shape index (κ1) is 26.1. The number of carbonyl (C=O) groups is 3. The van der Waals surface area contributed by atoms with E-state index >= 15 is 0 Å². The zero-order chi connectivity index (χ0) is 23.9. The summed E-state index contributed by atoms with van der Waals surface area (Å²) in [5.74, 6) is -0.0462. The van der Waals surface area contributed by atoms with Crippen molar-refractivity contribution in [3.63, 3.8) is 0 Å². The lowest BCUT2D eigenvalue weighted by Gasteiger charge is -2.35. The molecule has 32 heavy (non-hydrogen) atoms. The number of halogens is 3.